The molecule has 1 aromatic carbocycles. The first-order chi connectivity index (χ1) is 8.70. The second kappa shape index (κ2) is 6.24. The van der Waals surface area contributed by atoms with Gasteiger partial charge in [0.05, 0.1) is 0 Å². The first kappa shape index (κ1) is 13.4. The number of benzene rings is 1. The first-order valence-electron chi connectivity index (χ1n) is 7.25. The molecule has 1 heterocycles. The van der Waals surface area contributed by atoms with Crippen molar-refractivity contribution >= 4 is 5.69 Å². The predicted octanol–water partition coefficient (Wildman–Crippen LogP) is 3.21. The van der Waals surface area contributed by atoms with Crippen LogP contribution >= 0.6 is 0 Å². The number of aryl methyl sites for hydroxylation is 1. The van der Waals surface area contributed by atoms with E-state index in [2.05, 4.69) is 55.3 Å². The van der Waals surface area contributed by atoms with E-state index in [1.54, 1.807) is 0 Å². The summed E-state index contributed by atoms with van der Waals surface area (Å²) in [7, 11) is 0. The zero-order valence-electron chi connectivity index (χ0n) is 11.9. The molecule has 1 fully saturated rings. The maximum absolute atomic E-state index is 3.68. The molecule has 1 aliphatic heterocycles. The number of rotatable bonds is 4. The number of hydrogen-bond donors (Lipinski definition) is 1. The Hall–Kier alpha value is -1.02. The van der Waals surface area contributed by atoms with Gasteiger partial charge in [-0.15, -0.1) is 0 Å². The fourth-order valence-corrected chi connectivity index (χ4v) is 2.84. The van der Waals surface area contributed by atoms with Gasteiger partial charge in [-0.2, -0.15) is 0 Å². The lowest BCUT2D eigenvalue weighted by Crippen LogP contribution is -2.48. The molecule has 1 aromatic rings. The summed E-state index contributed by atoms with van der Waals surface area (Å²) >= 11 is 0. The molecule has 0 radical (unpaired) electrons. The summed E-state index contributed by atoms with van der Waals surface area (Å²) in [6, 6.07) is 9.57. The summed E-state index contributed by atoms with van der Waals surface area (Å²) in [5.41, 5.74) is 2.74. The van der Waals surface area contributed by atoms with Gasteiger partial charge in [0, 0.05) is 24.8 Å². The summed E-state index contributed by atoms with van der Waals surface area (Å²) in [4.78, 5) is 2.53. The van der Waals surface area contributed by atoms with Crippen LogP contribution in [-0.2, 0) is 0 Å². The van der Waals surface area contributed by atoms with Crippen molar-refractivity contribution in [2.75, 3.05) is 24.5 Å². The molecule has 1 saturated heterocycles. The Morgan fingerprint density at radius 1 is 1.39 bits per heavy atom. The summed E-state index contributed by atoms with van der Waals surface area (Å²) in [6.07, 6.45) is 2.49. The summed E-state index contributed by atoms with van der Waals surface area (Å²) in [5, 5.41) is 3.68. The highest BCUT2D eigenvalue weighted by molar-refractivity contribution is 5.48. The van der Waals surface area contributed by atoms with Crippen LogP contribution in [0.2, 0.25) is 0 Å². The van der Waals surface area contributed by atoms with Gasteiger partial charge in [0.25, 0.3) is 0 Å². The molecule has 1 N–H and O–H groups in total. The quantitative estimate of drug-likeness (QED) is 0.877. The average Bonchev–Trinajstić information content (AvgIpc) is 2.37. The largest absolute Gasteiger partial charge is 0.371 e. The lowest BCUT2D eigenvalue weighted by molar-refractivity contribution is 0.322. The van der Waals surface area contributed by atoms with Crippen molar-refractivity contribution in [1.29, 1.82) is 0 Å². The van der Waals surface area contributed by atoms with E-state index in [0.717, 1.165) is 12.5 Å². The Kier molecular flexibility index (Phi) is 4.65. The van der Waals surface area contributed by atoms with Crippen LogP contribution in [-0.4, -0.2) is 25.7 Å². The van der Waals surface area contributed by atoms with Gasteiger partial charge in [0.2, 0.25) is 0 Å². The Morgan fingerprint density at radius 2 is 2.22 bits per heavy atom. The first-order valence-corrected chi connectivity index (χ1v) is 7.25. The number of nitrogens with zero attached hydrogens (tertiary/aromatic N) is 1. The molecule has 1 aliphatic rings. The maximum atomic E-state index is 3.68. The van der Waals surface area contributed by atoms with Crippen LogP contribution in [0.25, 0.3) is 0 Å². The van der Waals surface area contributed by atoms with Gasteiger partial charge in [-0.3, -0.25) is 0 Å². The van der Waals surface area contributed by atoms with Crippen molar-refractivity contribution in [2.24, 2.45) is 5.92 Å². The number of anilines is 1. The monoisotopic (exact) mass is 246 g/mol. The summed E-state index contributed by atoms with van der Waals surface area (Å²) in [5.74, 6) is 0.728. The fourth-order valence-electron chi connectivity index (χ4n) is 2.84. The smallest absolute Gasteiger partial charge is 0.0368 e. The van der Waals surface area contributed by atoms with Gasteiger partial charge < -0.3 is 10.2 Å². The molecule has 0 amide bonds. The predicted molar refractivity (Wildman–Crippen MR) is 79.3 cm³/mol. The minimum Gasteiger partial charge on any atom is -0.371 e. The van der Waals surface area contributed by atoms with E-state index in [4.69, 9.17) is 0 Å². The van der Waals surface area contributed by atoms with Gasteiger partial charge in [-0.05, 0) is 49.9 Å². The average molecular weight is 246 g/mol. The Labute approximate surface area is 111 Å². The third-order valence-electron chi connectivity index (χ3n) is 3.93. The number of piperidine rings is 1. The van der Waals surface area contributed by atoms with Crippen LogP contribution in [0.4, 0.5) is 5.69 Å². The lowest BCUT2D eigenvalue weighted by atomic mass is 9.93. The van der Waals surface area contributed by atoms with E-state index < -0.39 is 0 Å². The van der Waals surface area contributed by atoms with E-state index >= 15 is 0 Å². The maximum Gasteiger partial charge on any atom is 0.0368 e. The standard InChI is InChI=1S/C16H26N2/c1-4-9-17-16-8-10-18(12-14(16)3)15-7-5-6-13(2)11-15/h5-7,11,14,16-17H,4,8-10,12H2,1-3H3. The van der Waals surface area contributed by atoms with Gasteiger partial charge in [0.1, 0.15) is 0 Å². The topological polar surface area (TPSA) is 15.3 Å². The van der Waals surface area contributed by atoms with E-state index in [-0.39, 0.29) is 0 Å². The van der Waals surface area contributed by atoms with Crippen molar-refractivity contribution < 1.29 is 0 Å². The van der Waals surface area contributed by atoms with Crippen LogP contribution in [0.5, 0.6) is 0 Å². The van der Waals surface area contributed by atoms with Gasteiger partial charge in [-0.1, -0.05) is 26.0 Å². The number of hydrogen-bond acceptors (Lipinski definition) is 2. The molecule has 0 spiro atoms. The molecule has 0 aliphatic carbocycles. The SMILES string of the molecule is CCCNC1CCN(c2cccc(C)c2)CC1C. The highest BCUT2D eigenvalue weighted by Gasteiger charge is 2.25. The van der Waals surface area contributed by atoms with Crippen LogP contribution in [0.15, 0.2) is 24.3 Å². The van der Waals surface area contributed by atoms with Crippen molar-refractivity contribution in [2.45, 2.75) is 39.7 Å². The second-order valence-electron chi connectivity index (χ2n) is 5.61. The lowest BCUT2D eigenvalue weighted by Gasteiger charge is -2.39. The molecule has 2 atom stereocenters. The molecule has 0 saturated carbocycles. The summed E-state index contributed by atoms with van der Waals surface area (Å²) in [6.45, 7) is 10.3. The molecule has 2 nitrogen and oxygen atoms in total. The third kappa shape index (κ3) is 3.26. The molecule has 2 rings (SSSR count). The molecule has 18 heavy (non-hydrogen) atoms. The van der Waals surface area contributed by atoms with E-state index in [0.29, 0.717) is 6.04 Å². The molecule has 2 heteroatoms. The summed E-state index contributed by atoms with van der Waals surface area (Å²) < 4.78 is 0. The van der Waals surface area contributed by atoms with Crippen LogP contribution in [0.3, 0.4) is 0 Å². The van der Waals surface area contributed by atoms with Crippen molar-refractivity contribution in [3.8, 4) is 0 Å². The molecular weight excluding hydrogens is 220 g/mol. The second-order valence-corrected chi connectivity index (χ2v) is 5.61. The van der Waals surface area contributed by atoms with Crippen molar-refractivity contribution in [1.82, 2.24) is 5.32 Å². The van der Waals surface area contributed by atoms with Gasteiger partial charge >= 0.3 is 0 Å². The normalized spacial score (nSPS) is 24.3. The molecule has 100 valence electrons. The van der Waals surface area contributed by atoms with Crippen LogP contribution < -0.4 is 10.2 Å². The molecule has 0 aromatic heterocycles. The zero-order chi connectivity index (χ0) is 13.0. The van der Waals surface area contributed by atoms with Crippen molar-refractivity contribution in [3.63, 3.8) is 0 Å². The van der Waals surface area contributed by atoms with E-state index in [9.17, 15) is 0 Å². The third-order valence-corrected chi connectivity index (χ3v) is 3.93. The molecule has 0 bridgehead atoms. The fraction of sp³-hybridized carbons (Fsp3) is 0.625. The van der Waals surface area contributed by atoms with Crippen LogP contribution in [0, 0.1) is 12.8 Å². The minimum atomic E-state index is 0.700. The zero-order valence-corrected chi connectivity index (χ0v) is 11.9. The Morgan fingerprint density at radius 3 is 2.89 bits per heavy atom. The van der Waals surface area contributed by atoms with Gasteiger partial charge in [-0.25, -0.2) is 0 Å². The Balaban J connectivity index is 1.95. The van der Waals surface area contributed by atoms with E-state index in [1.165, 1.54) is 37.2 Å². The Bertz CT molecular complexity index is 375. The minimum absolute atomic E-state index is 0.700. The van der Waals surface area contributed by atoms with E-state index in [1.807, 2.05) is 0 Å². The van der Waals surface area contributed by atoms with Gasteiger partial charge in [0.15, 0.2) is 0 Å². The van der Waals surface area contributed by atoms with Crippen molar-refractivity contribution in [3.05, 3.63) is 29.8 Å². The number of nitrogens with one attached hydrogen (secondary N) is 1. The highest BCUT2D eigenvalue weighted by atomic mass is 15.2. The van der Waals surface area contributed by atoms with Crippen LogP contribution in [0.1, 0.15) is 32.3 Å². The molecule has 2 unspecified atom stereocenters. The highest BCUT2D eigenvalue weighted by Crippen LogP contribution is 2.24. The molecular formula is C16H26N2.